The molecule has 1 saturated heterocycles. The minimum Gasteiger partial charge on any atom is -0.472 e. The number of hydrogen-bond donors (Lipinski definition) is 3. The zero-order valence-corrected chi connectivity index (χ0v) is 22.9. The molecule has 1 aliphatic carbocycles. The Morgan fingerprint density at radius 3 is 2.58 bits per heavy atom. The van der Waals surface area contributed by atoms with E-state index in [-0.39, 0.29) is 36.4 Å². The molecule has 0 spiro atoms. The fourth-order valence-electron chi connectivity index (χ4n) is 5.09. The summed E-state index contributed by atoms with van der Waals surface area (Å²) in [4.78, 5) is 45.4. The lowest BCUT2D eigenvalue weighted by atomic mass is 9.86. The Morgan fingerprint density at radius 2 is 1.98 bits per heavy atom. The number of nitrogens with zero attached hydrogens (tertiary/aromatic N) is 2. The number of benzene rings is 1. The molecule has 1 saturated carbocycles. The molecular weight excluding hydrogens is 524 g/mol. The van der Waals surface area contributed by atoms with Crippen molar-refractivity contribution in [3.8, 4) is 11.6 Å². The molecule has 1 aromatic carbocycles. The second kappa shape index (κ2) is 11.0. The number of rotatable bonds is 9. The molecule has 12 heteroatoms. The average molecular weight is 560 g/mol. The van der Waals surface area contributed by atoms with Gasteiger partial charge in [-0.1, -0.05) is 32.9 Å². The van der Waals surface area contributed by atoms with E-state index in [1.54, 1.807) is 18.2 Å². The van der Waals surface area contributed by atoms with Crippen LogP contribution in [0.2, 0.25) is 0 Å². The number of fused-ring (bicyclic) bond motifs is 1. The Labute approximate surface area is 231 Å². The van der Waals surface area contributed by atoms with Crippen LogP contribution in [0.4, 0.5) is 8.78 Å². The first kappa shape index (κ1) is 29.2. The summed E-state index contributed by atoms with van der Waals surface area (Å²) in [7, 11) is 1.49. The van der Waals surface area contributed by atoms with Gasteiger partial charge in [0.25, 0.3) is 0 Å². The lowest BCUT2D eigenvalue weighted by Gasteiger charge is -2.33. The number of alkyl halides is 2. The van der Waals surface area contributed by atoms with Crippen LogP contribution >= 0.6 is 0 Å². The number of likely N-dealkylation sites (N-methyl/N-ethyl adjacent to an activating group) is 1. The van der Waals surface area contributed by atoms with Gasteiger partial charge in [0.15, 0.2) is 0 Å². The SMILES string of the molecule is C=C[C@@H]1C[C@]1(NC(=O)[C@@H]1C[C@@H](Oc2nccc3c(OC(F)F)cccc23)CN1C(=O)[C@@H](N)C(C)(C)C)C(=O)NC. The van der Waals surface area contributed by atoms with Gasteiger partial charge in [-0.05, 0) is 30.0 Å². The number of pyridine rings is 1. The van der Waals surface area contributed by atoms with Crippen molar-refractivity contribution in [3.05, 3.63) is 43.1 Å². The molecule has 4 N–H and O–H groups in total. The number of nitrogens with two attached hydrogens (primary N) is 1. The normalized spacial score (nSPS) is 24.9. The van der Waals surface area contributed by atoms with Gasteiger partial charge in [0.2, 0.25) is 23.6 Å². The lowest BCUT2D eigenvalue weighted by molar-refractivity contribution is -0.142. The van der Waals surface area contributed by atoms with E-state index in [1.165, 1.54) is 30.3 Å². The maximum absolute atomic E-state index is 13.6. The Balaban J connectivity index is 1.62. The quantitative estimate of drug-likeness (QED) is 0.402. The number of carbonyl (C=O) groups excluding carboxylic acids is 3. The van der Waals surface area contributed by atoms with Gasteiger partial charge < -0.3 is 30.7 Å². The predicted molar refractivity (Wildman–Crippen MR) is 144 cm³/mol. The Kier molecular flexibility index (Phi) is 8.02. The summed E-state index contributed by atoms with van der Waals surface area (Å²) < 4.78 is 36.6. The first-order valence-electron chi connectivity index (χ1n) is 13.0. The number of amides is 3. The molecule has 5 atom stereocenters. The van der Waals surface area contributed by atoms with Crippen LogP contribution in [0.1, 0.15) is 33.6 Å². The van der Waals surface area contributed by atoms with Crippen LogP contribution in [0.3, 0.4) is 0 Å². The molecule has 2 heterocycles. The fraction of sp³-hybridized carbons (Fsp3) is 0.500. The first-order chi connectivity index (χ1) is 18.8. The Hall–Kier alpha value is -3.80. The molecule has 0 bridgehead atoms. The zero-order chi connectivity index (χ0) is 29.4. The van der Waals surface area contributed by atoms with E-state index < -0.39 is 47.6 Å². The van der Waals surface area contributed by atoms with E-state index in [9.17, 15) is 23.2 Å². The van der Waals surface area contributed by atoms with Crippen molar-refractivity contribution < 1.29 is 32.6 Å². The molecule has 216 valence electrons. The highest BCUT2D eigenvalue weighted by atomic mass is 19.3. The van der Waals surface area contributed by atoms with Gasteiger partial charge in [0.05, 0.1) is 12.6 Å². The Bertz CT molecular complexity index is 1320. The molecule has 10 nitrogen and oxygen atoms in total. The molecule has 3 amide bonds. The number of hydrogen-bond acceptors (Lipinski definition) is 7. The Morgan fingerprint density at radius 1 is 1.25 bits per heavy atom. The lowest BCUT2D eigenvalue weighted by Crippen LogP contribution is -2.58. The summed E-state index contributed by atoms with van der Waals surface area (Å²) in [5, 5.41) is 6.24. The highest BCUT2D eigenvalue weighted by Crippen LogP contribution is 2.45. The van der Waals surface area contributed by atoms with E-state index in [0.29, 0.717) is 17.2 Å². The monoisotopic (exact) mass is 559 g/mol. The van der Waals surface area contributed by atoms with Crippen LogP contribution in [0.5, 0.6) is 11.6 Å². The van der Waals surface area contributed by atoms with Crippen LogP contribution in [0.25, 0.3) is 10.8 Å². The van der Waals surface area contributed by atoms with Crippen molar-refractivity contribution in [1.29, 1.82) is 0 Å². The summed E-state index contributed by atoms with van der Waals surface area (Å²) in [6, 6.07) is 4.28. The van der Waals surface area contributed by atoms with Crippen molar-refractivity contribution in [1.82, 2.24) is 20.5 Å². The van der Waals surface area contributed by atoms with E-state index >= 15 is 0 Å². The average Bonchev–Trinajstić information content (AvgIpc) is 3.46. The van der Waals surface area contributed by atoms with E-state index in [4.69, 9.17) is 10.5 Å². The van der Waals surface area contributed by atoms with Gasteiger partial charge in [-0.3, -0.25) is 14.4 Å². The van der Waals surface area contributed by atoms with Crippen molar-refractivity contribution in [2.24, 2.45) is 17.1 Å². The summed E-state index contributed by atoms with van der Waals surface area (Å²) in [6.45, 7) is 6.25. The topological polar surface area (TPSA) is 136 Å². The van der Waals surface area contributed by atoms with Gasteiger partial charge in [-0.15, -0.1) is 6.58 Å². The third kappa shape index (κ3) is 5.58. The summed E-state index contributed by atoms with van der Waals surface area (Å²) in [6.07, 6.45) is 2.85. The number of carbonyl (C=O) groups is 3. The molecule has 1 aliphatic heterocycles. The maximum Gasteiger partial charge on any atom is 0.387 e. The molecule has 0 radical (unpaired) electrons. The van der Waals surface area contributed by atoms with Crippen LogP contribution in [0, 0.1) is 11.3 Å². The number of ether oxygens (including phenoxy) is 2. The van der Waals surface area contributed by atoms with E-state index in [0.717, 1.165) is 0 Å². The molecule has 2 aromatic rings. The number of nitrogens with one attached hydrogen (secondary N) is 2. The molecule has 0 unspecified atom stereocenters. The molecule has 4 rings (SSSR count). The van der Waals surface area contributed by atoms with E-state index in [1.807, 2.05) is 20.8 Å². The molecule has 40 heavy (non-hydrogen) atoms. The fourth-order valence-corrected chi connectivity index (χ4v) is 5.09. The van der Waals surface area contributed by atoms with Gasteiger partial charge in [-0.25, -0.2) is 4.98 Å². The molecule has 2 aliphatic rings. The number of halogens is 2. The predicted octanol–water partition coefficient (Wildman–Crippen LogP) is 2.36. The minimum atomic E-state index is -3.01. The van der Waals surface area contributed by atoms with Crippen molar-refractivity contribution in [3.63, 3.8) is 0 Å². The number of likely N-dealkylation sites (tertiary alicyclic amines) is 1. The van der Waals surface area contributed by atoms with Crippen molar-refractivity contribution in [2.45, 2.75) is 64.0 Å². The summed E-state index contributed by atoms with van der Waals surface area (Å²) in [5.74, 6) is -1.41. The smallest absolute Gasteiger partial charge is 0.387 e. The highest BCUT2D eigenvalue weighted by Gasteiger charge is 2.60. The minimum absolute atomic E-state index is 0.0305. The van der Waals surface area contributed by atoms with Crippen molar-refractivity contribution in [2.75, 3.05) is 13.6 Å². The molecule has 1 aromatic heterocycles. The molecular formula is C28H35F2N5O5. The summed E-state index contributed by atoms with van der Waals surface area (Å²) in [5.41, 5.74) is 4.58. The van der Waals surface area contributed by atoms with Crippen LogP contribution in [0.15, 0.2) is 43.1 Å². The van der Waals surface area contributed by atoms with Crippen LogP contribution < -0.4 is 25.8 Å². The molecule has 2 fully saturated rings. The third-order valence-electron chi connectivity index (χ3n) is 7.55. The van der Waals surface area contributed by atoms with Crippen LogP contribution in [-0.2, 0) is 14.4 Å². The number of aromatic nitrogens is 1. The standard InChI is InChI=1S/C28H35F2N5O5/c1-6-15-13-28(15,25(38)32-5)34-22(36)19-12-16(14-35(19)24(37)21(31)27(2,3)4)39-23-18-8-7-9-20(40-26(29)30)17(18)10-11-33-23/h6-11,15-16,19,21,26H,1,12-14,31H2,2-5H3,(H,32,38)(H,34,36)/t15-,16-,19+,21-,28-/m1/s1. The summed E-state index contributed by atoms with van der Waals surface area (Å²) >= 11 is 0. The largest absolute Gasteiger partial charge is 0.472 e. The van der Waals surface area contributed by atoms with Gasteiger partial charge >= 0.3 is 6.61 Å². The maximum atomic E-state index is 13.6. The second-order valence-corrected chi connectivity index (χ2v) is 11.3. The third-order valence-corrected chi connectivity index (χ3v) is 7.55. The second-order valence-electron chi connectivity index (χ2n) is 11.3. The highest BCUT2D eigenvalue weighted by molar-refractivity contribution is 5.98. The zero-order valence-electron chi connectivity index (χ0n) is 22.9. The van der Waals surface area contributed by atoms with Gasteiger partial charge in [0, 0.05) is 36.4 Å². The van der Waals surface area contributed by atoms with Crippen LogP contribution in [-0.4, -0.2) is 71.5 Å². The van der Waals surface area contributed by atoms with Gasteiger partial charge in [0.1, 0.15) is 23.4 Å². The first-order valence-corrected chi connectivity index (χ1v) is 13.0. The van der Waals surface area contributed by atoms with Gasteiger partial charge in [-0.2, -0.15) is 8.78 Å². The van der Waals surface area contributed by atoms with E-state index in [2.05, 4.69) is 26.9 Å². The van der Waals surface area contributed by atoms with Crippen molar-refractivity contribution >= 4 is 28.5 Å².